The van der Waals surface area contributed by atoms with Gasteiger partial charge in [0.05, 0.1) is 0 Å². The average Bonchev–Trinajstić information content (AvgIpc) is 2.27. The molecular formula is C15H20O2. The number of allylic oxidation sites excluding steroid dienone is 8. The number of hydrogen-bond donors (Lipinski definition) is 1. The summed E-state index contributed by atoms with van der Waals surface area (Å²) >= 11 is 0. The molecule has 1 rings (SSSR count). The molecule has 0 fully saturated rings. The van der Waals surface area contributed by atoms with Crippen LogP contribution in [0.4, 0.5) is 0 Å². The van der Waals surface area contributed by atoms with Gasteiger partial charge >= 0.3 is 5.97 Å². The number of carboxylic acids is 1. The summed E-state index contributed by atoms with van der Waals surface area (Å²) in [7, 11) is 0. The van der Waals surface area contributed by atoms with Crippen molar-refractivity contribution < 1.29 is 9.90 Å². The Morgan fingerprint density at radius 2 is 1.82 bits per heavy atom. The number of carbonyl (C=O) groups is 1. The fourth-order valence-corrected chi connectivity index (χ4v) is 1.69. The minimum absolute atomic E-state index is 0.191. The Kier molecular flexibility index (Phi) is 5.47. The molecule has 92 valence electrons. The molecular weight excluding hydrogens is 212 g/mol. The lowest BCUT2D eigenvalue weighted by Crippen LogP contribution is -1.97. The Labute approximate surface area is 103 Å². The zero-order chi connectivity index (χ0) is 12.7. The van der Waals surface area contributed by atoms with Gasteiger partial charge < -0.3 is 5.11 Å². The van der Waals surface area contributed by atoms with Crippen molar-refractivity contribution in [3.05, 3.63) is 48.1 Å². The van der Waals surface area contributed by atoms with Crippen LogP contribution in [-0.4, -0.2) is 11.1 Å². The fraction of sp³-hybridized carbons (Fsp3) is 0.400. The highest BCUT2D eigenvalue weighted by Crippen LogP contribution is 2.15. The molecule has 17 heavy (non-hydrogen) atoms. The highest BCUT2D eigenvalue weighted by Gasteiger charge is 2.02. The van der Waals surface area contributed by atoms with Crippen molar-refractivity contribution in [2.45, 2.75) is 26.7 Å². The molecule has 0 bridgehead atoms. The first-order valence-electron chi connectivity index (χ1n) is 6.03. The van der Waals surface area contributed by atoms with E-state index < -0.39 is 5.97 Å². The second-order valence-corrected chi connectivity index (χ2v) is 4.48. The molecule has 2 nitrogen and oxygen atoms in total. The largest absolute Gasteiger partial charge is 0.481 e. The van der Waals surface area contributed by atoms with Crippen LogP contribution in [0.5, 0.6) is 0 Å². The van der Waals surface area contributed by atoms with Gasteiger partial charge in [0.25, 0.3) is 0 Å². The van der Waals surface area contributed by atoms with Gasteiger partial charge in [-0.15, -0.1) is 0 Å². The third kappa shape index (κ3) is 5.91. The molecule has 2 heteroatoms. The molecule has 0 heterocycles. The zero-order valence-electron chi connectivity index (χ0n) is 10.5. The summed E-state index contributed by atoms with van der Waals surface area (Å²) < 4.78 is 0. The molecule has 0 radical (unpaired) electrons. The highest BCUT2D eigenvalue weighted by molar-refractivity contribution is 5.67. The summed E-state index contributed by atoms with van der Waals surface area (Å²) in [5, 5.41) is 8.71. The molecule has 1 N–H and O–H groups in total. The summed E-state index contributed by atoms with van der Waals surface area (Å²) in [5.74, 6) is -0.0321. The fourth-order valence-electron chi connectivity index (χ4n) is 1.69. The minimum atomic E-state index is -0.743. The standard InChI is InChI=1S/C15H20O2/c1-12-5-3-4-6-13(2)11-14(8-7-12)9-10-15(16)17/h3-8,11-13H,9-10H2,1-2H3,(H,16,17)/b5-3-,6-4-,8-7-,14-11+. The van der Waals surface area contributed by atoms with Gasteiger partial charge in [0, 0.05) is 6.42 Å². The van der Waals surface area contributed by atoms with E-state index in [1.807, 2.05) is 12.2 Å². The maximum atomic E-state index is 10.6. The van der Waals surface area contributed by atoms with Gasteiger partial charge in [-0.1, -0.05) is 62.0 Å². The molecule has 2 atom stereocenters. The molecule has 1 aliphatic carbocycles. The number of aliphatic carboxylic acids is 1. The summed E-state index contributed by atoms with van der Waals surface area (Å²) in [5.41, 5.74) is 1.10. The first-order valence-corrected chi connectivity index (χ1v) is 6.03. The van der Waals surface area contributed by atoms with E-state index in [9.17, 15) is 4.79 Å². The van der Waals surface area contributed by atoms with E-state index in [1.165, 1.54) is 0 Å². The van der Waals surface area contributed by atoms with Gasteiger partial charge in [-0.25, -0.2) is 0 Å². The van der Waals surface area contributed by atoms with Gasteiger partial charge in [-0.2, -0.15) is 0 Å². The Hall–Kier alpha value is -1.57. The van der Waals surface area contributed by atoms with Crippen molar-refractivity contribution in [1.29, 1.82) is 0 Å². The summed E-state index contributed by atoms with van der Waals surface area (Å²) in [6.45, 7) is 4.21. The van der Waals surface area contributed by atoms with Gasteiger partial charge in [0.2, 0.25) is 0 Å². The van der Waals surface area contributed by atoms with Crippen LogP contribution in [0.25, 0.3) is 0 Å². The van der Waals surface area contributed by atoms with Crippen LogP contribution in [0, 0.1) is 11.8 Å². The molecule has 0 aliphatic heterocycles. The Bertz CT molecular complexity index is 372. The molecule has 0 saturated heterocycles. The Morgan fingerprint density at radius 1 is 1.18 bits per heavy atom. The number of carboxylic acid groups (broad SMARTS) is 1. The van der Waals surface area contributed by atoms with E-state index in [0.29, 0.717) is 18.3 Å². The predicted molar refractivity (Wildman–Crippen MR) is 70.7 cm³/mol. The van der Waals surface area contributed by atoms with Crippen LogP contribution in [-0.2, 0) is 4.79 Å². The SMILES string of the molecule is CC1/C=C\C=C/C(C)/C=C(CCC(=O)O)\C=C/1. The maximum Gasteiger partial charge on any atom is 0.303 e. The quantitative estimate of drug-likeness (QED) is 0.805. The van der Waals surface area contributed by atoms with E-state index in [4.69, 9.17) is 5.11 Å². The van der Waals surface area contributed by atoms with Crippen molar-refractivity contribution in [2.24, 2.45) is 11.8 Å². The van der Waals surface area contributed by atoms with Crippen molar-refractivity contribution in [2.75, 3.05) is 0 Å². The summed E-state index contributed by atoms with van der Waals surface area (Å²) in [6.07, 6.45) is 15.4. The summed E-state index contributed by atoms with van der Waals surface area (Å²) in [6, 6.07) is 0. The van der Waals surface area contributed by atoms with Crippen LogP contribution in [0.1, 0.15) is 26.7 Å². The first-order chi connectivity index (χ1) is 8.08. The molecule has 0 saturated carbocycles. The minimum Gasteiger partial charge on any atom is -0.481 e. The first kappa shape index (κ1) is 13.5. The summed E-state index contributed by atoms with van der Waals surface area (Å²) in [4.78, 5) is 10.6. The van der Waals surface area contributed by atoms with Crippen molar-refractivity contribution in [3.8, 4) is 0 Å². The lowest BCUT2D eigenvalue weighted by molar-refractivity contribution is -0.136. The molecule has 2 unspecified atom stereocenters. The molecule has 0 amide bonds. The average molecular weight is 232 g/mol. The second kappa shape index (κ2) is 6.89. The molecule has 0 aromatic heterocycles. The Balaban J connectivity index is 2.79. The third-order valence-corrected chi connectivity index (χ3v) is 2.66. The van der Waals surface area contributed by atoms with Gasteiger partial charge in [0.1, 0.15) is 0 Å². The molecule has 0 aromatic carbocycles. The van der Waals surface area contributed by atoms with Crippen LogP contribution in [0.3, 0.4) is 0 Å². The van der Waals surface area contributed by atoms with E-state index in [1.54, 1.807) is 0 Å². The van der Waals surface area contributed by atoms with Crippen LogP contribution < -0.4 is 0 Å². The normalized spacial score (nSPS) is 33.2. The van der Waals surface area contributed by atoms with Crippen LogP contribution >= 0.6 is 0 Å². The number of rotatable bonds is 3. The zero-order valence-corrected chi connectivity index (χ0v) is 10.5. The lowest BCUT2D eigenvalue weighted by atomic mass is 9.99. The van der Waals surface area contributed by atoms with E-state index in [0.717, 1.165) is 5.57 Å². The smallest absolute Gasteiger partial charge is 0.303 e. The lowest BCUT2D eigenvalue weighted by Gasteiger charge is -2.07. The third-order valence-electron chi connectivity index (χ3n) is 2.66. The monoisotopic (exact) mass is 232 g/mol. The Morgan fingerprint density at radius 3 is 2.47 bits per heavy atom. The van der Waals surface area contributed by atoms with Gasteiger partial charge in [0.15, 0.2) is 0 Å². The van der Waals surface area contributed by atoms with Crippen LogP contribution in [0.15, 0.2) is 48.1 Å². The number of hydrogen-bond acceptors (Lipinski definition) is 1. The maximum absolute atomic E-state index is 10.6. The molecule has 0 aromatic rings. The van der Waals surface area contributed by atoms with Crippen molar-refractivity contribution >= 4 is 5.97 Å². The van der Waals surface area contributed by atoms with E-state index >= 15 is 0 Å². The van der Waals surface area contributed by atoms with E-state index in [2.05, 4.69) is 44.2 Å². The predicted octanol–water partition coefficient (Wildman–Crippen LogP) is 3.73. The van der Waals surface area contributed by atoms with Crippen molar-refractivity contribution in [3.63, 3.8) is 0 Å². The second-order valence-electron chi connectivity index (χ2n) is 4.48. The van der Waals surface area contributed by atoms with Crippen LogP contribution in [0.2, 0.25) is 0 Å². The molecule has 0 spiro atoms. The molecule has 1 aliphatic rings. The highest BCUT2D eigenvalue weighted by atomic mass is 16.4. The topological polar surface area (TPSA) is 37.3 Å². The van der Waals surface area contributed by atoms with Crippen molar-refractivity contribution in [1.82, 2.24) is 0 Å². The van der Waals surface area contributed by atoms with E-state index in [-0.39, 0.29) is 6.42 Å². The van der Waals surface area contributed by atoms with Gasteiger partial charge in [-0.05, 0) is 18.3 Å². The van der Waals surface area contributed by atoms with Gasteiger partial charge in [-0.3, -0.25) is 4.79 Å².